The molecular formula is C9H8ClNO2S. The zero-order valence-electron chi connectivity index (χ0n) is 7.14. The molecule has 5 heteroatoms. The number of rotatable bonds is 3. The van der Waals surface area contributed by atoms with E-state index < -0.39 is 5.97 Å². The van der Waals surface area contributed by atoms with Crippen LogP contribution in [0.4, 0.5) is 0 Å². The van der Waals surface area contributed by atoms with Gasteiger partial charge in [0.05, 0.1) is 5.56 Å². The third kappa shape index (κ3) is 2.75. The summed E-state index contributed by atoms with van der Waals surface area (Å²) in [4.78, 5) is 14.4. The molecule has 0 unspecified atom stereocenters. The van der Waals surface area contributed by atoms with Gasteiger partial charge in [0.25, 0.3) is 0 Å². The topological polar surface area (TPSA) is 50.2 Å². The highest BCUT2D eigenvalue weighted by molar-refractivity contribution is 7.80. The first-order valence-corrected chi connectivity index (χ1v) is 4.82. The lowest BCUT2D eigenvalue weighted by Crippen LogP contribution is -1.99. The van der Waals surface area contributed by atoms with Gasteiger partial charge in [0.2, 0.25) is 0 Å². The summed E-state index contributed by atoms with van der Waals surface area (Å²) in [6.07, 6.45) is 5.04. The third-order valence-electron chi connectivity index (χ3n) is 1.51. The van der Waals surface area contributed by atoms with Crippen molar-refractivity contribution in [1.29, 1.82) is 0 Å². The molecule has 0 amide bonds. The Balaban J connectivity index is 3.06. The summed E-state index contributed by atoms with van der Waals surface area (Å²) in [5.41, 5.74) is 0.703. The number of carboxylic acid groups (broad SMARTS) is 1. The van der Waals surface area contributed by atoms with Crippen LogP contribution in [0, 0.1) is 0 Å². The van der Waals surface area contributed by atoms with E-state index in [1.807, 2.05) is 0 Å². The molecule has 1 heterocycles. The lowest BCUT2D eigenvalue weighted by Gasteiger charge is -1.98. The van der Waals surface area contributed by atoms with Crippen LogP contribution in [-0.2, 0) is 0 Å². The van der Waals surface area contributed by atoms with E-state index in [1.165, 1.54) is 12.3 Å². The number of aromatic carboxylic acids is 1. The highest BCUT2D eigenvalue weighted by Crippen LogP contribution is 2.15. The van der Waals surface area contributed by atoms with Crippen LogP contribution in [0.5, 0.6) is 0 Å². The van der Waals surface area contributed by atoms with Crippen LogP contribution in [-0.4, -0.2) is 21.8 Å². The minimum Gasteiger partial charge on any atom is -0.478 e. The first-order chi connectivity index (χ1) is 6.65. The maximum atomic E-state index is 10.7. The van der Waals surface area contributed by atoms with Crippen LogP contribution in [0.2, 0.25) is 5.15 Å². The highest BCUT2D eigenvalue weighted by Gasteiger charge is 2.09. The maximum Gasteiger partial charge on any atom is 0.338 e. The third-order valence-corrected chi connectivity index (χ3v) is 2.02. The number of carboxylic acids is 1. The Hall–Kier alpha value is -1.00. The molecule has 0 aliphatic rings. The average Bonchev–Trinajstić information content (AvgIpc) is 2.16. The van der Waals surface area contributed by atoms with E-state index >= 15 is 0 Å². The SMILES string of the molecule is O=C(O)c1cc(C=CCS)cnc1Cl. The largest absolute Gasteiger partial charge is 0.478 e. The number of carbonyl (C=O) groups is 1. The van der Waals surface area contributed by atoms with E-state index in [2.05, 4.69) is 17.6 Å². The van der Waals surface area contributed by atoms with Gasteiger partial charge in [0.1, 0.15) is 5.15 Å². The summed E-state index contributed by atoms with van der Waals surface area (Å²) in [5, 5.41) is 8.75. The number of pyridine rings is 1. The zero-order chi connectivity index (χ0) is 10.6. The standard InChI is InChI=1S/C9H8ClNO2S/c10-8-7(9(12)13)4-6(5-11-8)2-1-3-14/h1-2,4-5,14H,3H2,(H,12,13). The predicted octanol–water partition coefficient (Wildman–Crippen LogP) is 2.38. The Morgan fingerprint density at radius 3 is 3.00 bits per heavy atom. The number of aromatic nitrogens is 1. The fourth-order valence-corrected chi connectivity index (χ4v) is 1.18. The van der Waals surface area contributed by atoms with Crippen molar-refractivity contribution in [2.24, 2.45) is 0 Å². The quantitative estimate of drug-likeness (QED) is 0.618. The fraction of sp³-hybridized carbons (Fsp3) is 0.111. The van der Waals surface area contributed by atoms with Crippen molar-refractivity contribution in [1.82, 2.24) is 4.98 Å². The molecule has 0 saturated heterocycles. The molecule has 3 nitrogen and oxygen atoms in total. The Morgan fingerprint density at radius 2 is 2.43 bits per heavy atom. The molecule has 0 spiro atoms. The molecule has 0 aliphatic carbocycles. The molecule has 0 atom stereocenters. The number of nitrogens with zero attached hydrogens (tertiary/aromatic N) is 1. The molecule has 1 rings (SSSR count). The molecule has 0 radical (unpaired) electrons. The van der Waals surface area contributed by atoms with Gasteiger partial charge in [-0.05, 0) is 11.6 Å². The van der Waals surface area contributed by atoms with Gasteiger partial charge in [-0.2, -0.15) is 12.6 Å². The summed E-state index contributed by atoms with van der Waals surface area (Å²) < 4.78 is 0. The van der Waals surface area contributed by atoms with Gasteiger partial charge in [-0.25, -0.2) is 9.78 Å². The van der Waals surface area contributed by atoms with Crippen LogP contribution in [0.1, 0.15) is 15.9 Å². The van der Waals surface area contributed by atoms with Crippen molar-refractivity contribution < 1.29 is 9.90 Å². The van der Waals surface area contributed by atoms with Crippen LogP contribution in [0.25, 0.3) is 6.08 Å². The molecule has 0 fully saturated rings. The second kappa shape index (κ2) is 5.02. The van der Waals surface area contributed by atoms with Crippen molar-refractivity contribution in [3.63, 3.8) is 0 Å². The molecule has 0 aliphatic heterocycles. The molecule has 1 N–H and O–H groups in total. The van der Waals surface area contributed by atoms with Gasteiger partial charge in [0, 0.05) is 11.9 Å². The van der Waals surface area contributed by atoms with Crippen LogP contribution < -0.4 is 0 Å². The van der Waals surface area contributed by atoms with Crippen LogP contribution in [0.15, 0.2) is 18.3 Å². The van der Waals surface area contributed by atoms with Crippen LogP contribution in [0.3, 0.4) is 0 Å². The zero-order valence-corrected chi connectivity index (χ0v) is 8.79. The van der Waals surface area contributed by atoms with Crippen LogP contribution >= 0.6 is 24.2 Å². The predicted molar refractivity (Wildman–Crippen MR) is 59.1 cm³/mol. The average molecular weight is 230 g/mol. The number of halogens is 1. The van der Waals surface area contributed by atoms with Gasteiger partial charge in [-0.3, -0.25) is 0 Å². The van der Waals surface area contributed by atoms with Gasteiger partial charge < -0.3 is 5.11 Å². The number of hydrogen-bond acceptors (Lipinski definition) is 3. The molecule has 0 aromatic carbocycles. The van der Waals surface area contributed by atoms with Crippen molar-refractivity contribution in [2.45, 2.75) is 0 Å². The molecule has 0 saturated carbocycles. The molecule has 1 aromatic rings. The Labute approximate surface area is 91.8 Å². The van der Waals surface area contributed by atoms with Crippen molar-refractivity contribution >= 4 is 36.3 Å². The molecular weight excluding hydrogens is 222 g/mol. The minimum absolute atomic E-state index is 0.000485. The molecule has 74 valence electrons. The summed E-state index contributed by atoms with van der Waals surface area (Å²) in [6, 6.07) is 1.47. The van der Waals surface area contributed by atoms with Gasteiger partial charge in [-0.1, -0.05) is 23.8 Å². The smallest absolute Gasteiger partial charge is 0.338 e. The lowest BCUT2D eigenvalue weighted by atomic mass is 10.2. The van der Waals surface area contributed by atoms with Gasteiger partial charge in [0.15, 0.2) is 0 Å². The van der Waals surface area contributed by atoms with E-state index in [1.54, 1.807) is 12.2 Å². The fourth-order valence-electron chi connectivity index (χ4n) is 0.894. The van der Waals surface area contributed by atoms with Crippen molar-refractivity contribution in [3.05, 3.63) is 34.6 Å². The maximum absolute atomic E-state index is 10.7. The lowest BCUT2D eigenvalue weighted by molar-refractivity contribution is 0.0696. The Bertz CT molecular complexity index is 379. The normalized spacial score (nSPS) is 10.7. The summed E-state index contributed by atoms with van der Waals surface area (Å²) in [7, 11) is 0. The summed E-state index contributed by atoms with van der Waals surface area (Å²) >= 11 is 9.58. The summed E-state index contributed by atoms with van der Waals surface area (Å²) in [5.74, 6) is -0.492. The second-order valence-electron chi connectivity index (χ2n) is 2.50. The second-order valence-corrected chi connectivity index (χ2v) is 3.22. The van der Waals surface area contributed by atoms with Gasteiger partial charge in [-0.15, -0.1) is 0 Å². The monoisotopic (exact) mass is 229 g/mol. The Morgan fingerprint density at radius 1 is 1.71 bits per heavy atom. The van der Waals surface area contributed by atoms with Crippen molar-refractivity contribution in [3.8, 4) is 0 Å². The highest BCUT2D eigenvalue weighted by atomic mass is 35.5. The molecule has 0 bridgehead atoms. The summed E-state index contributed by atoms with van der Waals surface area (Å²) in [6.45, 7) is 0. The van der Waals surface area contributed by atoms with E-state index in [0.29, 0.717) is 11.3 Å². The molecule has 14 heavy (non-hydrogen) atoms. The molecule has 1 aromatic heterocycles. The van der Waals surface area contributed by atoms with E-state index in [0.717, 1.165) is 0 Å². The number of hydrogen-bond donors (Lipinski definition) is 2. The number of thiol groups is 1. The minimum atomic E-state index is -1.08. The first kappa shape index (κ1) is 11.1. The van der Waals surface area contributed by atoms with E-state index in [4.69, 9.17) is 16.7 Å². The van der Waals surface area contributed by atoms with E-state index in [9.17, 15) is 4.79 Å². The van der Waals surface area contributed by atoms with Crippen molar-refractivity contribution in [2.75, 3.05) is 5.75 Å². The first-order valence-electron chi connectivity index (χ1n) is 3.81. The Kier molecular flexibility index (Phi) is 3.98. The van der Waals surface area contributed by atoms with E-state index in [-0.39, 0.29) is 10.7 Å². The van der Waals surface area contributed by atoms with Gasteiger partial charge >= 0.3 is 5.97 Å².